The molecule has 2 unspecified atom stereocenters. The highest BCUT2D eigenvalue weighted by Crippen LogP contribution is 2.20. The smallest absolute Gasteiger partial charge is 0.251 e. The van der Waals surface area contributed by atoms with Crippen LogP contribution in [-0.4, -0.2) is 47.9 Å². The summed E-state index contributed by atoms with van der Waals surface area (Å²) < 4.78 is 0. The number of rotatable bonds is 6. The number of benzene rings is 1. The van der Waals surface area contributed by atoms with Crippen molar-refractivity contribution < 1.29 is 9.59 Å². The zero-order valence-corrected chi connectivity index (χ0v) is 14.8. The molecule has 1 N–H and O–H groups in total. The Labute approximate surface area is 143 Å². The predicted molar refractivity (Wildman–Crippen MR) is 95.7 cm³/mol. The molecule has 0 bridgehead atoms. The lowest BCUT2D eigenvalue weighted by Gasteiger charge is -2.37. The number of nitrogens with zero attached hydrogens (tertiary/aromatic N) is 1. The van der Waals surface area contributed by atoms with Crippen LogP contribution in [0.15, 0.2) is 30.3 Å². The van der Waals surface area contributed by atoms with E-state index in [2.05, 4.69) is 5.32 Å². The zero-order chi connectivity index (χ0) is 16.7. The number of carbonyl (C=O) groups excluding carboxylic acids is 2. The molecule has 0 saturated carbocycles. The Hall–Kier alpha value is -1.49. The van der Waals surface area contributed by atoms with Gasteiger partial charge < -0.3 is 10.2 Å². The largest absolute Gasteiger partial charge is 0.350 e. The van der Waals surface area contributed by atoms with Gasteiger partial charge in [-0.3, -0.25) is 9.59 Å². The van der Waals surface area contributed by atoms with Crippen molar-refractivity contribution >= 4 is 23.6 Å². The Kier molecular flexibility index (Phi) is 6.96. The first-order chi connectivity index (χ1) is 11.1. The lowest BCUT2D eigenvalue weighted by Crippen LogP contribution is -2.51. The van der Waals surface area contributed by atoms with Gasteiger partial charge in [0.15, 0.2) is 0 Å². The average molecular weight is 334 g/mol. The van der Waals surface area contributed by atoms with E-state index >= 15 is 0 Å². The van der Waals surface area contributed by atoms with Crippen LogP contribution in [0.3, 0.4) is 0 Å². The van der Waals surface area contributed by atoms with E-state index < -0.39 is 0 Å². The van der Waals surface area contributed by atoms with Crippen molar-refractivity contribution in [2.45, 2.75) is 32.2 Å². The van der Waals surface area contributed by atoms with Crippen LogP contribution >= 0.6 is 11.8 Å². The van der Waals surface area contributed by atoms with Gasteiger partial charge in [0, 0.05) is 36.4 Å². The summed E-state index contributed by atoms with van der Waals surface area (Å²) in [5.41, 5.74) is 0.664. The number of hydrogen-bond donors (Lipinski definition) is 1. The SMILES string of the molecule is CSCC(C)C(=O)N1CCCCC1CNC(=O)c1ccccc1. The fraction of sp³-hybridized carbons (Fsp3) is 0.556. The molecule has 1 aliphatic rings. The Morgan fingerprint density at radius 2 is 2.04 bits per heavy atom. The van der Waals surface area contributed by atoms with Gasteiger partial charge >= 0.3 is 0 Å². The summed E-state index contributed by atoms with van der Waals surface area (Å²) in [6.45, 7) is 3.34. The van der Waals surface area contributed by atoms with Crippen LogP contribution in [-0.2, 0) is 4.79 Å². The minimum Gasteiger partial charge on any atom is -0.350 e. The second kappa shape index (κ2) is 8.96. The monoisotopic (exact) mass is 334 g/mol. The highest BCUT2D eigenvalue weighted by atomic mass is 32.2. The molecule has 5 heteroatoms. The number of nitrogens with one attached hydrogen (secondary N) is 1. The van der Waals surface area contributed by atoms with E-state index in [0.29, 0.717) is 12.1 Å². The van der Waals surface area contributed by atoms with Crippen molar-refractivity contribution in [1.82, 2.24) is 10.2 Å². The summed E-state index contributed by atoms with van der Waals surface area (Å²) in [6.07, 6.45) is 5.16. The minimum atomic E-state index is -0.0688. The van der Waals surface area contributed by atoms with Gasteiger partial charge in [0.1, 0.15) is 0 Å². The number of likely N-dealkylation sites (tertiary alicyclic amines) is 1. The lowest BCUT2D eigenvalue weighted by atomic mass is 9.99. The molecule has 0 aromatic heterocycles. The highest BCUT2D eigenvalue weighted by Gasteiger charge is 2.29. The summed E-state index contributed by atoms with van der Waals surface area (Å²) >= 11 is 1.70. The first kappa shape index (κ1) is 17.9. The molecule has 2 amide bonds. The van der Waals surface area contributed by atoms with Crippen LogP contribution in [0, 0.1) is 5.92 Å². The number of hydrogen-bond acceptors (Lipinski definition) is 3. The van der Waals surface area contributed by atoms with Crippen molar-refractivity contribution in [2.75, 3.05) is 25.1 Å². The molecule has 1 aromatic rings. The van der Waals surface area contributed by atoms with Crippen molar-refractivity contribution in [3.8, 4) is 0 Å². The first-order valence-corrected chi connectivity index (χ1v) is 9.65. The maximum atomic E-state index is 12.6. The first-order valence-electron chi connectivity index (χ1n) is 8.26. The highest BCUT2D eigenvalue weighted by molar-refractivity contribution is 7.98. The standard InChI is InChI=1S/C18H26N2O2S/c1-14(13-23-2)18(22)20-11-7-6-10-16(20)12-19-17(21)15-8-4-3-5-9-15/h3-5,8-9,14,16H,6-7,10-13H2,1-2H3,(H,19,21). The Morgan fingerprint density at radius 1 is 1.30 bits per heavy atom. The van der Waals surface area contributed by atoms with Gasteiger partial charge in [-0.05, 0) is 37.7 Å². The van der Waals surface area contributed by atoms with Crippen LogP contribution in [0.25, 0.3) is 0 Å². The van der Waals surface area contributed by atoms with E-state index in [0.717, 1.165) is 31.6 Å². The van der Waals surface area contributed by atoms with Crippen LogP contribution in [0.5, 0.6) is 0 Å². The van der Waals surface area contributed by atoms with Crippen molar-refractivity contribution in [3.05, 3.63) is 35.9 Å². The summed E-state index contributed by atoms with van der Waals surface area (Å²) in [5.74, 6) is 1.03. The maximum Gasteiger partial charge on any atom is 0.251 e. The van der Waals surface area contributed by atoms with Gasteiger partial charge in [0.2, 0.25) is 5.91 Å². The van der Waals surface area contributed by atoms with Crippen molar-refractivity contribution in [1.29, 1.82) is 0 Å². The summed E-state index contributed by atoms with van der Waals surface area (Å²) in [6, 6.07) is 9.34. The van der Waals surface area contributed by atoms with Crippen molar-refractivity contribution in [2.24, 2.45) is 5.92 Å². The molecule has 2 rings (SSSR count). The molecule has 0 aliphatic carbocycles. The normalized spacial score (nSPS) is 19.2. The summed E-state index contributed by atoms with van der Waals surface area (Å²) in [5, 5.41) is 2.99. The molecule has 1 fully saturated rings. The molecule has 126 valence electrons. The summed E-state index contributed by atoms with van der Waals surface area (Å²) in [7, 11) is 0. The third-order valence-corrected chi connectivity index (χ3v) is 5.12. The molecule has 0 radical (unpaired) electrons. The molecule has 4 nitrogen and oxygen atoms in total. The van der Waals surface area contributed by atoms with E-state index in [9.17, 15) is 9.59 Å². The van der Waals surface area contributed by atoms with E-state index in [1.54, 1.807) is 23.9 Å². The third-order valence-electron chi connectivity index (χ3n) is 4.28. The number of amides is 2. The van der Waals surface area contributed by atoms with Crippen LogP contribution in [0.4, 0.5) is 0 Å². The van der Waals surface area contributed by atoms with Gasteiger partial charge in [-0.15, -0.1) is 0 Å². The summed E-state index contributed by atoms with van der Waals surface area (Å²) in [4.78, 5) is 26.8. The van der Waals surface area contributed by atoms with E-state index in [1.165, 1.54) is 0 Å². The zero-order valence-electron chi connectivity index (χ0n) is 14.0. The Balaban J connectivity index is 1.93. The van der Waals surface area contributed by atoms with Gasteiger partial charge in [0.25, 0.3) is 5.91 Å². The average Bonchev–Trinajstić information content (AvgIpc) is 2.60. The fourth-order valence-electron chi connectivity index (χ4n) is 3.01. The molecular weight excluding hydrogens is 308 g/mol. The van der Waals surface area contributed by atoms with Crippen molar-refractivity contribution in [3.63, 3.8) is 0 Å². The lowest BCUT2D eigenvalue weighted by molar-refractivity contribution is -0.137. The van der Waals surface area contributed by atoms with Crippen LogP contribution < -0.4 is 5.32 Å². The number of piperidine rings is 1. The van der Waals surface area contributed by atoms with E-state index in [1.807, 2.05) is 36.3 Å². The molecule has 1 saturated heterocycles. The van der Waals surface area contributed by atoms with E-state index in [4.69, 9.17) is 0 Å². The fourth-order valence-corrected chi connectivity index (χ4v) is 3.65. The van der Waals surface area contributed by atoms with E-state index in [-0.39, 0.29) is 23.8 Å². The van der Waals surface area contributed by atoms with Gasteiger partial charge in [-0.2, -0.15) is 11.8 Å². The molecule has 0 spiro atoms. The second-order valence-corrected chi connectivity index (χ2v) is 7.02. The molecule has 1 aromatic carbocycles. The maximum absolute atomic E-state index is 12.6. The molecule has 1 aliphatic heterocycles. The quantitative estimate of drug-likeness (QED) is 0.870. The molecule has 2 atom stereocenters. The van der Waals surface area contributed by atoms with Gasteiger partial charge in [-0.25, -0.2) is 0 Å². The van der Waals surface area contributed by atoms with Crippen LogP contribution in [0.1, 0.15) is 36.5 Å². The minimum absolute atomic E-state index is 0.0374. The molecule has 1 heterocycles. The molecular formula is C18H26N2O2S. The Bertz CT molecular complexity index is 521. The second-order valence-electron chi connectivity index (χ2n) is 6.11. The van der Waals surface area contributed by atoms with Gasteiger partial charge in [0.05, 0.1) is 0 Å². The predicted octanol–water partition coefficient (Wildman–Crippen LogP) is 2.80. The third kappa shape index (κ3) is 4.99. The Morgan fingerprint density at radius 3 is 2.74 bits per heavy atom. The number of thioether (sulfide) groups is 1. The topological polar surface area (TPSA) is 49.4 Å². The molecule has 23 heavy (non-hydrogen) atoms. The van der Waals surface area contributed by atoms with Crippen LogP contribution in [0.2, 0.25) is 0 Å². The number of carbonyl (C=O) groups is 2. The van der Waals surface area contributed by atoms with Gasteiger partial charge in [-0.1, -0.05) is 25.1 Å².